The first-order valence-electron chi connectivity index (χ1n) is 5.55. The Labute approximate surface area is 109 Å². The van der Waals surface area contributed by atoms with Crippen LogP contribution in [0.2, 0.25) is 0 Å². The average Bonchev–Trinajstić information content (AvgIpc) is 2.73. The second-order valence-electron chi connectivity index (χ2n) is 4.05. The van der Waals surface area contributed by atoms with Gasteiger partial charge in [0.15, 0.2) is 0 Å². The van der Waals surface area contributed by atoms with Gasteiger partial charge in [-0.15, -0.1) is 11.3 Å². The van der Waals surface area contributed by atoms with Crippen molar-refractivity contribution in [1.82, 2.24) is 4.98 Å². The van der Waals surface area contributed by atoms with Crippen molar-refractivity contribution in [3.63, 3.8) is 0 Å². The van der Waals surface area contributed by atoms with Crippen LogP contribution in [0.1, 0.15) is 25.8 Å². The van der Waals surface area contributed by atoms with Gasteiger partial charge in [-0.25, -0.2) is 9.78 Å². The van der Waals surface area contributed by atoms with Gasteiger partial charge in [0.25, 0.3) is 0 Å². The highest BCUT2D eigenvalue weighted by Gasteiger charge is 2.06. The van der Waals surface area contributed by atoms with E-state index in [2.05, 4.69) is 10.3 Å². The predicted octanol–water partition coefficient (Wildman–Crippen LogP) is 3.07. The molecule has 0 aliphatic rings. The van der Waals surface area contributed by atoms with E-state index in [4.69, 9.17) is 5.11 Å². The van der Waals surface area contributed by atoms with Crippen molar-refractivity contribution in [3.05, 3.63) is 45.4 Å². The van der Waals surface area contributed by atoms with E-state index >= 15 is 0 Å². The number of hydrogen-bond donors (Lipinski definition) is 2. The number of carboxylic acid groups (broad SMARTS) is 1. The largest absolute Gasteiger partial charge is 0.478 e. The Balaban J connectivity index is 2.08. The molecule has 94 valence electrons. The lowest BCUT2D eigenvalue weighted by Crippen LogP contribution is -2.02. The molecule has 0 unspecified atom stereocenters. The molecular formula is C13H14N2O2S. The fourth-order valence-electron chi connectivity index (χ4n) is 1.65. The van der Waals surface area contributed by atoms with Crippen molar-refractivity contribution in [2.75, 3.05) is 5.32 Å². The SMILES string of the molecule is Cc1cnc(CNc2ccc(C(=O)O)cc2C)s1. The number of benzene rings is 1. The van der Waals surface area contributed by atoms with Gasteiger partial charge in [0.05, 0.1) is 12.1 Å². The third-order valence-electron chi connectivity index (χ3n) is 2.57. The molecule has 0 bridgehead atoms. The van der Waals surface area contributed by atoms with Crippen LogP contribution in [0.3, 0.4) is 0 Å². The lowest BCUT2D eigenvalue weighted by atomic mass is 10.1. The molecule has 4 nitrogen and oxygen atoms in total. The van der Waals surface area contributed by atoms with E-state index in [1.165, 1.54) is 4.88 Å². The molecule has 0 amide bonds. The Hall–Kier alpha value is -1.88. The first-order chi connectivity index (χ1) is 8.56. The molecule has 0 fully saturated rings. The molecule has 1 heterocycles. The summed E-state index contributed by atoms with van der Waals surface area (Å²) in [4.78, 5) is 16.3. The molecule has 5 heteroatoms. The topological polar surface area (TPSA) is 62.2 Å². The molecule has 0 aliphatic carbocycles. The highest BCUT2D eigenvalue weighted by atomic mass is 32.1. The van der Waals surface area contributed by atoms with Crippen molar-refractivity contribution in [1.29, 1.82) is 0 Å². The van der Waals surface area contributed by atoms with Crippen LogP contribution in [0.4, 0.5) is 5.69 Å². The fraction of sp³-hybridized carbons (Fsp3) is 0.231. The number of anilines is 1. The van der Waals surface area contributed by atoms with Gasteiger partial charge in [0.1, 0.15) is 5.01 Å². The Morgan fingerprint density at radius 1 is 1.44 bits per heavy atom. The molecule has 1 aromatic heterocycles. The number of thiazole rings is 1. The zero-order valence-corrected chi connectivity index (χ0v) is 11.0. The van der Waals surface area contributed by atoms with Crippen molar-refractivity contribution in [2.24, 2.45) is 0 Å². The van der Waals surface area contributed by atoms with Crippen LogP contribution < -0.4 is 5.32 Å². The van der Waals surface area contributed by atoms with E-state index in [0.717, 1.165) is 16.3 Å². The van der Waals surface area contributed by atoms with Gasteiger partial charge in [-0.3, -0.25) is 0 Å². The maximum Gasteiger partial charge on any atom is 0.335 e. The minimum absolute atomic E-state index is 0.308. The Morgan fingerprint density at radius 3 is 2.78 bits per heavy atom. The standard InChI is InChI=1S/C13H14N2O2S/c1-8-5-10(13(16)17)3-4-11(8)14-7-12-15-6-9(2)18-12/h3-6,14H,7H2,1-2H3,(H,16,17). The third-order valence-corrected chi connectivity index (χ3v) is 3.49. The monoisotopic (exact) mass is 262 g/mol. The summed E-state index contributed by atoms with van der Waals surface area (Å²) in [5.41, 5.74) is 2.17. The molecule has 0 radical (unpaired) electrons. The van der Waals surface area contributed by atoms with E-state index in [-0.39, 0.29) is 0 Å². The van der Waals surface area contributed by atoms with Gasteiger partial charge >= 0.3 is 5.97 Å². The van der Waals surface area contributed by atoms with Gasteiger partial charge in [0, 0.05) is 16.8 Å². The van der Waals surface area contributed by atoms with Gasteiger partial charge in [0.2, 0.25) is 0 Å². The smallest absolute Gasteiger partial charge is 0.335 e. The molecule has 1 aromatic carbocycles. The second kappa shape index (κ2) is 5.18. The fourth-order valence-corrected chi connectivity index (χ4v) is 2.38. The van der Waals surface area contributed by atoms with Crippen LogP contribution in [-0.2, 0) is 6.54 Å². The summed E-state index contributed by atoms with van der Waals surface area (Å²) in [5, 5.41) is 13.2. The maximum atomic E-state index is 10.8. The number of carboxylic acids is 1. The van der Waals surface area contributed by atoms with Crippen molar-refractivity contribution in [3.8, 4) is 0 Å². The first-order valence-corrected chi connectivity index (χ1v) is 6.37. The highest BCUT2D eigenvalue weighted by molar-refractivity contribution is 7.11. The van der Waals surface area contributed by atoms with Crippen molar-refractivity contribution in [2.45, 2.75) is 20.4 Å². The summed E-state index contributed by atoms with van der Waals surface area (Å²) >= 11 is 1.65. The number of carbonyl (C=O) groups is 1. The summed E-state index contributed by atoms with van der Waals surface area (Å²) in [7, 11) is 0. The van der Waals surface area contributed by atoms with Crippen LogP contribution in [0.25, 0.3) is 0 Å². The molecular weight excluding hydrogens is 248 g/mol. The number of nitrogens with one attached hydrogen (secondary N) is 1. The van der Waals surface area contributed by atoms with Gasteiger partial charge in [-0.2, -0.15) is 0 Å². The van der Waals surface area contributed by atoms with E-state index in [0.29, 0.717) is 12.1 Å². The van der Waals surface area contributed by atoms with E-state index in [9.17, 15) is 4.79 Å². The minimum atomic E-state index is -0.903. The van der Waals surface area contributed by atoms with Gasteiger partial charge in [-0.05, 0) is 37.6 Å². The number of nitrogens with zero attached hydrogens (tertiary/aromatic N) is 1. The van der Waals surface area contributed by atoms with Crippen LogP contribution in [-0.4, -0.2) is 16.1 Å². The number of hydrogen-bond acceptors (Lipinski definition) is 4. The quantitative estimate of drug-likeness (QED) is 0.889. The number of aromatic nitrogens is 1. The highest BCUT2D eigenvalue weighted by Crippen LogP contribution is 2.19. The van der Waals surface area contributed by atoms with Crippen LogP contribution >= 0.6 is 11.3 Å². The Kier molecular flexibility index (Phi) is 3.62. The number of aryl methyl sites for hydroxylation is 2. The van der Waals surface area contributed by atoms with E-state index in [1.54, 1.807) is 29.5 Å². The molecule has 0 aliphatic heterocycles. The average molecular weight is 262 g/mol. The molecule has 0 spiro atoms. The number of aromatic carboxylic acids is 1. The van der Waals surface area contributed by atoms with Crippen LogP contribution in [0.15, 0.2) is 24.4 Å². The van der Waals surface area contributed by atoms with E-state index in [1.807, 2.05) is 20.0 Å². The Morgan fingerprint density at radius 2 is 2.22 bits per heavy atom. The van der Waals surface area contributed by atoms with Crippen molar-refractivity contribution >= 4 is 23.0 Å². The summed E-state index contributed by atoms with van der Waals surface area (Å²) in [6, 6.07) is 5.06. The van der Waals surface area contributed by atoms with E-state index < -0.39 is 5.97 Å². The zero-order chi connectivity index (χ0) is 13.1. The molecule has 0 atom stereocenters. The molecule has 2 rings (SSSR count). The second-order valence-corrected chi connectivity index (χ2v) is 5.37. The van der Waals surface area contributed by atoms with Crippen LogP contribution in [0, 0.1) is 13.8 Å². The molecule has 0 saturated heterocycles. The summed E-state index contributed by atoms with van der Waals surface area (Å²) < 4.78 is 0. The maximum absolute atomic E-state index is 10.8. The number of rotatable bonds is 4. The minimum Gasteiger partial charge on any atom is -0.478 e. The first kappa shape index (κ1) is 12.6. The molecule has 18 heavy (non-hydrogen) atoms. The third kappa shape index (κ3) is 2.87. The summed E-state index contributed by atoms with van der Waals surface area (Å²) in [6.45, 7) is 4.57. The normalized spacial score (nSPS) is 10.3. The van der Waals surface area contributed by atoms with Gasteiger partial charge in [-0.1, -0.05) is 0 Å². The molecule has 2 aromatic rings. The predicted molar refractivity (Wildman–Crippen MR) is 72.3 cm³/mol. The lowest BCUT2D eigenvalue weighted by molar-refractivity contribution is 0.0697. The van der Waals surface area contributed by atoms with Gasteiger partial charge < -0.3 is 10.4 Å². The lowest BCUT2D eigenvalue weighted by Gasteiger charge is -2.08. The molecule has 0 saturated carbocycles. The van der Waals surface area contributed by atoms with Crippen molar-refractivity contribution < 1.29 is 9.90 Å². The Bertz CT molecular complexity index is 578. The molecule has 2 N–H and O–H groups in total. The summed E-state index contributed by atoms with van der Waals surface area (Å²) in [5.74, 6) is -0.903. The van der Waals surface area contributed by atoms with Crippen LogP contribution in [0.5, 0.6) is 0 Å². The summed E-state index contributed by atoms with van der Waals surface area (Å²) in [6.07, 6.45) is 1.85. The zero-order valence-electron chi connectivity index (χ0n) is 10.2.